The van der Waals surface area contributed by atoms with Crippen molar-refractivity contribution in [1.29, 1.82) is 0 Å². The van der Waals surface area contributed by atoms with Crippen molar-refractivity contribution in [3.8, 4) is 11.1 Å². The van der Waals surface area contributed by atoms with Crippen LogP contribution in [0.4, 0.5) is 4.39 Å². The molecule has 0 fully saturated rings. The van der Waals surface area contributed by atoms with Crippen molar-refractivity contribution in [2.24, 2.45) is 5.73 Å². The summed E-state index contributed by atoms with van der Waals surface area (Å²) in [5.74, 6) is -0.411. The lowest BCUT2D eigenvalue weighted by atomic mass is 10.00. The van der Waals surface area contributed by atoms with Crippen LogP contribution in [0.5, 0.6) is 0 Å². The van der Waals surface area contributed by atoms with Crippen molar-refractivity contribution in [2.45, 2.75) is 6.54 Å². The highest BCUT2D eigenvalue weighted by Gasteiger charge is 2.06. The molecular formula is C13H11ClFN. The molecule has 0 aliphatic rings. The van der Waals surface area contributed by atoms with Crippen molar-refractivity contribution >= 4 is 11.6 Å². The highest BCUT2D eigenvalue weighted by atomic mass is 35.5. The van der Waals surface area contributed by atoms with Crippen molar-refractivity contribution in [3.05, 3.63) is 58.9 Å². The van der Waals surface area contributed by atoms with Gasteiger partial charge >= 0.3 is 0 Å². The van der Waals surface area contributed by atoms with Gasteiger partial charge in [0.15, 0.2) is 0 Å². The lowest BCUT2D eigenvalue weighted by molar-refractivity contribution is 0.629. The smallest absolute Gasteiger partial charge is 0.142 e. The lowest BCUT2D eigenvalue weighted by Gasteiger charge is -2.08. The maximum Gasteiger partial charge on any atom is 0.142 e. The van der Waals surface area contributed by atoms with Crippen LogP contribution < -0.4 is 5.73 Å². The Morgan fingerprint density at radius 1 is 1.12 bits per heavy atom. The average Bonchev–Trinajstić information content (AvgIpc) is 2.32. The van der Waals surface area contributed by atoms with E-state index < -0.39 is 5.82 Å². The van der Waals surface area contributed by atoms with Gasteiger partial charge in [-0.25, -0.2) is 4.39 Å². The Morgan fingerprint density at radius 3 is 2.56 bits per heavy atom. The van der Waals surface area contributed by atoms with Crippen LogP contribution in [0, 0.1) is 5.82 Å². The molecular weight excluding hydrogens is 225 g/mol. The SMILES string of the molecule is NCc1ccccc1-c1ccc(Cl)c(F)c1. The molecule has 2 N–H and O–H groups in total. The normalized spacial score (nSPS) is 10.4. The zero-order chi connectivity index (χ0) is 11.5. The zero-order valence-corrected chi connectivity index (χ0v) is 9.34. The zero-order valence-electron chi connectivity index (χ0n) is 8.58. The van der Waals surface area contributed by atoms with Crippen LogP contribution in [-0.4, -0.2) is 0 Å². The molecule has 2 aromatic carbocycles. The lowest BCUT2D eigenvalue weighted by Crippen LogP contribution is -1.98. The van der Waals surface area contributed by atoms with Crippen molar-refractivity contribution in [1.82, 2.24) is 0 Å². The van der Waals surface area contributed by atoms with E-state index in [9.17, 15) is 4.39 Å². The molecule has 0 atom stereocenters. The van der Waals surface area contributed by atoms with Gasteiger partial charge < -0.3 is 5.73 Å². The summed E-state index contributed by atoms with van der Waals surface area (Å²) in [4.78, 5) is 0. The van der Waals surface area contributed by atoms with Crippen molar-refractivity contribution < 1.29 is 4.39 Å². The summed E-state index contributed by atoms with van der Waals surface area (Å²) in [5.41, 5.74) is 8.37. The van der Waals surface area contributed by atoms with Crippen LogP contribution in [0.3, 0.4) is 0 Å². The fourth-order valence-corrected chi connectivity index (χ4v) is 1.76. The molecule has 0 aliphatic carbocycles. The monoisotopic (exact) mass is 235 g/mol. The van der Waals surface area contributed by atoms with Crippen LogP contribution >= 0.6 is 11.6 Å². The molecule has 2 aromatic rings. The molecule has 0 amide bonds. The third-order valence-electron chi connectivity index (χ3n) is 2.47. The summed E-state index contributed by atoms with van der Waals surface area (Å²) in [6.07, 6.45) is 0. The molecule has 82 valence electrons. The molecule has 16 heavy (non-hydrogen) atoms. The summed E-state index contributed by atoms with van der Waals surface area (Å²) in [5, 5.41) is 0.133. The minimum Gasteiger partial charge on any atom is -0.326 e. The predicted octanol–water partition coefficient (Wildman–Crippen LogP) is 3.60. The first-order valence-corrected chi connectivity index (χ1v) is 5.33. The van der Waals surface area contributed by atoms with E-state index in [1.807, 2.05) is 24.3 Å². The molecule has 0 heterocycles. The third-order valence-corrected chi connectivity index (χ3v) is 2.77. The second-order valence-electron chi connectivity index (χ2n) is 3.49. The average molecular weight is 236 g/mol. The van der Waals surface area contributed by atoms with Gasteiger partial charge in [0.05, 0.1) is 5.02 Å². The summed E-state index contributed by atoms with van der Waals surface area (Å²) >= 11 is 5.64. The van der Waals surface area contributed by atoms with Crippen molar-refractivity contribution in [2.75, 3.05) is 0 Å². The molecule has 0 aliphatic heterocycles. The Labute approximate surface area is 98.7 Å². The molecule has 0 unspecified atom stereocenters. The predicted molar refractivity (Wildman–Crippen MR) is 64.7 cm³/mol. The van der Waals surface area contributed by atoms with Gasteiger partial charge in [-0.15, -0.1) is 0 Å². The molecule has 1 nitrogen and oxygen atoms in total. The van der Waals surface area contributed by atoms with E-state index in [1.165, 1.54) is 6.07 Å². The maximum atomic E-state index is 13.3. The number of rotatable bonds is 2. The fraction of sp³-hybridized carbons (Fsp3) is 0.0769. The number of benzene rings is 2. The van der Waals surface area contributed by atoms with Crippen LogP contribution in [-0.2, 0) is 6.54 Å². The molecule has 3 heteroatoms. The molecule has 0 spiro atoms. The number of hydrogen-bond donors (Lipinski definition) is 1. The van der Waals surface area contributed by atoms with Gasteiger partial charge in [0.1, 0.15) is 5.82 Å². The Balaban J connectivity index is 2.54. The Kier molecular flexibility index (Phi) is 3.22. The van der Waals surface area contributed by atoms with E-state index in [-0.39, 0.29) is 5.02 Å². The first-order chi connectivity index (χ1) is 7.72. The summed E-state index contributed by atoms with van der Waals surface area (Å²) in [6, 6.07) is 12.4. The number of halogens is 2. The minimum atomic E-state index is -0.411. The summed E-state index contributed by atoms with van der Waals surface area (Å²) in [7, 11) is 0. The van der Waals surface area contributed by atoms with E-state index in [4.69, 9.17) is 17.3 Å². The molecule has 0 saturated carbocycles. The topological polar surface area (TPSA) is 26.0 Å². The van der Waals surface area contributed by atoms with Crippen LogP contribution in [0.15, 0.2) is 42.5 Å². The van der Waals surface area contributed by atoms with Gasteiger partial charge in [0.2, 0.25) is 0 Å². The molecule has 0 aromatic heterocycles. The minimum absolute atomic E-state index is 0.133. The molecule has 0 radical (unpaired) electrons. The molecule has 0 bridgehead atoms. The van der Waals surface area contributed by atoms with E-state index in [0.29, 0.717) is 6.54 Å². The van der Waals surface area contributed by atoms with Gasteiger partial charge in [-0.3, -0.25) is 0 Å². The van der Waals surface area contributed by atoms with E-state index in [0.717, 1.165) is 16.7 Å². The first kappa shape index (κ1) is 11.1. The van der Waals surface area contributed by atoms with Gasteiger partial charge in [0.25, 0.3) is 0 Å². The Bertz CT molecular complexity index is 511. The van der Waals surface area contributed by atoms with Gasteiger partial charge in [-0.2, -0.15) is 0 Å². The first-order valence-electron chi connectivity index (χ1n) is 4.96. The van der Waals surface area contributed by atoms with Gasteiger partial charge in [-0.05, 0) is 28.8 Å². The highest BCUT2D eigenvalue weighted by Crippen LogP contribution is 2.26. The summed E-state index contributed by atoms with van der Waals surface area (Å²) < 4.78 is 13.3. The van der Waals surface area contributed by atoms with E-state index in [1.54, 1.807) is 12.1 Å². The highest BCUT2D eigenvalue weighted by molar-refractivity contribution is 6.30. The van der Waals surface area contributed by atoms with E-state index in [2.05, 4.69) is 0 Å². The fourth-order valence-electron chi connectivity index (χ4n) is 1.64. The Hall–Kier alpha value is -1.38. The molecule has 2 rings (SSSR count). The number of nitrogens with two attached hydrogens (primary N) is 1. The quantitative estimate of drug-likeness (QED) is 0.846. The summed E-state index contributed by atoms with van der Waals surface area (Å²) in [6.45, 7) is 0.431. The maximum absolute atomic E-state index is 13.3. The Morgan fingerprint density at radius 2 is 1.88 bits per heavy atom. The largest absolute Gasteiger partial charge is 0.326 e. The second kappa shape index (κ2) is 4.64. The standard InChI is InChI=1S/C13H11ClFN/c14-12-6-5-9(7-13(12)15)11-4-2-1-3-10(11)8-16/h1-7H,8,16H2. The second-order valence-corrected chi connectivity index (χ2v) is 3.90. The molecule has 0 saturated heterocycles. The van der Waals surface area contributed by atoms with Crippen molar-refractivity contribution in [3.63, 3.8) is 0 Å². The van der Waals surface area contributed by atoms with Gasteiger partial charge in [-0.1, -0.05) is 41.9 Å². The third kappa shape index (κ3) is 2.08. The van der Waals surface area contributed by atoms with E-state index >= 15 is 0 Å². The van der Waals surface area contributed by atoms with Gasteiger partial charge in [0, 0.05) is 6.54 Å². The number of hydrogen-bond acceptors (Lipinski definition) is 1. The van der Waals surface area contributed by atoms with Crippen LogP contribution in [0.25, 0.3) is 11.1 Å². The van der Waals surface area contributed by atoms with Crippen LogP contribution in [0.1, 0.15) is 5.56 Å². The van der Waals surface area contributed by atoms with Crippen LogP contribution in [0.2, 0.25) is 5.02 Å².